The van der Waals surface area contributed by atoms with E-state index >= 15 is 0 Å². The summed E-state index contributed by atoms with van der Waals surface area (Å²) in [5, 5.41) is 3.56. The van der Waals surface area contributed by atoms with Gasteiger partial charge in [0.2, 0.25) is 0 Å². The molecule has 2 heterocycles. The van der Waals surface area contributed by atoms with Gasteiger partial charge in [-0.15, -0.1) is 0 Å². The molecule has 0 fully saturated rings. The van der Waals surface area contributed by atoms with Gasteiger partial charge in [-0.05, 0) is 44.2 Å². The fourth-order valence-corrected chi connectivity index (χ4v) is 2.79. The van der Waals surface area contributed by atoms with Gasteiger partial charge in [0, 0.05) is 17.1 Å². The molecule has 4 nitrogen and oxygen atoms in total. The Kier molecular flexibility index (Phi) is 4.00. The first-order valence-corrected chi connectivity index (χ1v) is 7.55. The first kappa shape index (κ1) is 15.4. The standard InChI is InChI=1S/C17H15FN2O2S/c1-9-13-8-11(18)5-6-14(13)22-15(9)10(2)20-16(21)12-4-3-7-19-17(12)23/h3-8,10H,1-2H3,(H,19,23)(H,20,21)/t10-/m0/s1. The van der Waals surface area contributed by atoms with Crippen molar-refractivity contribution in [3.8, 4) is 0 Å². The summed E-state index contributed by atoms with van der Waals surface area (Å²) in [6.45, 7) is 3.66. The molecule has 0 radical (unpaired) electrons. The van der Waals surface area contributed by atoms with Crippen LogP contribution in [-0.4, -0.2) is 10.9 Å². The van der Waals surface area contributed by atoms with Crippen LogP contribution in [0.1, 0.15) is 34.6 Å². The van der Waals surface area contributed by atoms with Crippen molar-refractivity contribution in [3.63, 3.8) is 0 Å². The van der Waals surface area contributed by atoms with Crippen molar-refractivity contribution in [2.45, 2.75) is 19.9 Å². The van der Waals surface area contributed by atoms with E-state index in [0.717, 1.165) is 5.56 Å². The van der Waals surface area contributed by atoms with E-state index in [1.165, 1.54) is 12.1 Å². The van der Waals surface area contributed by atoms with Crippen molar-refractivity contribution in [2.75, 3.05) is 0 Å². The molecule has 0 spiro atoms. The van der Waals surface area contributed by atoms with Crippen LogP contribution >= 0.6 is 12.2 Å². The smallest absolute Gasteiger partial charge is 0.254 e. The zero-order valence-corrected chi connectivity index (χ0v) is 13.5. The molecule has 0 aliphatic heterocycles. The van der Waals surface area contributed by atoms with Crippen molar-refractivity contribution in [2.24, 2.45) is 0 Å². The Morgan fingerprint density at radius 1 is 1.39 bits per heavy atom. The number of aromatic amines is 1. The lowest BCUT2D eigenvalue weighted by molar-refractivity contribution is 0.0934. The largest absolute Gasteiger partial charge is 0.459 e. The summed E-state index contributed by atoms with van der Waals surface area (Å²) >= 11 is 5.11. The van der Waals surface area contributed by atoms with Crippen LogP contribution in [0, 0.1) is 17.4 Å². The van der Waals surface area contributed by atoms with Crippen molar-refractivity contribution in [1.82, 2.24) is 10.3 Å². The number of carbonyl (C=O) groups excluding carboxylic acids is 1. The number of halogens is 1. The van der Waals surface area contributed by atoms with Crippen LogP contribution in [0.5, 0.6) is 0 Å². The lowest BCUT2D eigenvalue weighted by Gasteiger charge is -2.12. The first-order chi connectivity index (χ1) is 11.0. The Hall–Kier alpha value is -2.47. The maximum atomic E-state index is 13.4. The topological polar surface area (TPSA) is 58.0 Å². The van der Waals surface area contributed by atoms with Crippen molar-refractivity contribution in [1.29, 1.82) is 0 Å². The van der Waals surface area contributed by atoms with Gasteiger partial charge < -0.3 is 14.7 Å². The van der Waals surface area contributed by atoms with E-state index in [2.05, 4.69) is 10.3 Å². The third-order valence-corrected chi connectivity index (χ3v) is 4.08. The summed E-state index contributed by atoms with van der Waals surface area (Å²) < 4.78 is 19.5. The third kappa shape index (κ3) is 2.90. The van der Waals surface area contributed by atoms with Crippen LogP contribution in [0.4, 0.5) is 4.39 Å². The van der Waals surface area contributed by atoms with E-state index in [0.29, 0.717) is 26.9 Å². The number of amides is 1. The normalized spacial score (nSPS) is 12.3. The molecule has 23 heavy (non-hydrogen) atoms. The van der Waals surface area contributed by atoms with Gasteiger partial charge >= 0.3 is 0 Å². The third-order valence-electron chi connectivity index (χ3n) is 3.74. The van der Waals surface area contributed by atoms with Gasteiger partial charge in [-0.1, -0.05) is 12.2 Å². The number of hydrogen-bond donors (Lipinski definition) is 2. The summed E-state index contributed by atoms with van der Waals surface area (Å²) in [5.41, 5.74) is 1.80. The summed E-state index contributed by atoms with van der Waals surface area (Å²) in [4.78, 5) is 15.2. The SMILES string of the molecule is Cc1c([C@H](C)NC(=O)c2ccc[nH]c2=S)oc2ccc(F)cc12. The molecule has 118 valence electrons. The first-order valence-electron chi connectivity index (χ1n) is 7.14. The van der Waals surface area contributed by atoms with Gasteiger partial charge in [-0.2, -0.15) is 0 Å². The average Bonchev–Trinajstić information content (AvgIpc) is 2.84. The molecule has 2 N–H and O–H groups in total. The molecule has 2 aromatic heterocycles. The number of aromatic nitrogens is 1. The highest BCUT2D eigenvalue weighted by atomic mass is 32.1. The van der Waals surface area contributed by atoms with Crippen molar-refractivity contribution in [3.05, 3.63) is 63.9 Å². The number of carbonyl (C=O) groups is 1. The Morgan fingerprint density at radius 2 is 2.17 bits per heavy atom. The van der Waals surface area contributed by atoms with Gasteiger partial charge in [0.05, 0.1) is 11.6 Å². The van der Waals surface area contributed by atoms with Crippen molar-refractivity contribution < 1.29 is 13.6 Å². The highest BCUT2D eigenvalue weighted by Crippen LogP contribution is 2.30. The predicted octanol–water partition coefficient (Wildman–Crippen LogP) is 4.43. The van der Waals surface area contributed by atoms with Gasteiger partial charge in [0.1, 0.15) is 21.8 Å². The number of rotatable bonds is 3. The molecule has 1 atom stereocenters. The van der Waals surface area contributed by atoms with E-state index in [1.54, 1.807) is 24.4 Å². The number of hydrogen-bond acceptors (Lipinski definition) is 3. The molecule has 0 unspecified atom stereocenters. The van der Waals surface area contributed by atoms with Gasteiger partial charge in [0.15, 0.2) is 0 Å². The maximum Gasteiger partial charge on any atom is 0.254 e. The number of pyridine rings is 1. The quantitative estimate of drug-likeness (QED) is 0.699. The fraction of sp³-hybridized carbons (Fsp3) is 0.176. The molecule has 0 aliphatic rings. The Labute approximate surface area is 137 Å². The van der Waals surface area contributed by atoms with Crippen LogP contribution in [-0.2, 0) is 0 Å². The zero-order chi connectivity index (χ0) is 16.6. The number of benzene rings is 1. The Balaban J connectivity index is 1.90. The lowest BCUT2D eigenvalue weighted by Crippen LogP contribution is -2.27. The van der Waals surface area contributed by atoms with Crippen LogP contribution in [0.3, 0.4) is 0 Å². The summed E-state index contributed by atoms with van der Waals surface area (Å²) in [5.74, 6) is -0.00428. The fourth-order valence-electron chi connectivity index (χ4n) is 2.57. The number of aryl methyl sites for hydroxylation is 1. The minimum atomic E-state index is -0.368. The second kappa shape index (κ2) is 5.96. The summed E-state index contributed by atoms with van der Waals surface area (Å²) in [6, 6.07) is 7.36. The molecule has 1 aromatic carbocycles. The molecule has 0 bridgehead atoms. The predicted molar refractivity (Wildman–Crippen MR) is 88.4 cm³/mol. The highest BCUT2D eigenvalue weighted by molar-refractivity contribution is 7.71. The van der Waals surface area contributed by atoms with E-state index in [1.807, 2.05) is 13.8 Å². The van der Waals surface area contributed by atoms with Crippen LogP contribution in [0.15, 0.2) is 40.9 Å². The molecular weight excluding hydrogens is 315 g/mol. The minimum Gasteiger partial charge on any atom is -0.459 e. The van der Waals surface area contributed by atoms with E-state index in [4.69, 9.17) is 16.6 Å². The molecule has 3 aromatic rings. The molecule has 3 rings (SSSR count). The van der Waals surface area contributed by atoms with Crippen molar-refractivity contribution >= 4 is 29.1 Å². The molecule has 6 heteroatoms. The molecular formula is C17H15FN2O2S. The van der Waals surface area contributed by atoms with Gasteiger partial charge in [0.25, 0.3) is 5.91 Å². The van der Waals surface area contributed by atoms with Gasteiger partial charge in [-0.3, -0.25) is 4.79 Å². The number of furan rings is 1. The van der Waals surface area contributed by atoms with Gasteiger partial charge in [-0.25, -0.2) is 4.39 Å². The minimum absolute atomic E-state index is 0.287. The second-order valence-corrected chi connectivity index (χ2v) is 5.75. The number of fused-ring (bicyclic) bond motifs is 1. The Morgan fingerprint density at radius 3 is 2.91 bits per heavy atom. The zero-order valence-electron chi connectivity index (χ0n) is 12.6. The van der Waals surface area contributed by atoms with Crippen LogP contribution in [0.25, 0.3) is 11.0 Å². The lowest BCUT2D eigenvalue weighted by atomic mass is 10.1. The number of nitrogens with one attached hydrogen (secondary N) is 2. The monoisotopic (exact) mass is 330 g/mol. The van der Waals surface area contributed by atoms with E-state index in [9.17, 15) is 9.18 Å². The number of H-pyrrole nitrogens is 1. The summed E-state index contributed by atoms with van der Waals surface area (Å²) in [7, 11) is 0. The van der Waals surface area contributed by atoms with Crippen LogP contribution in [0.2, 0.25) is 0 Å². The molecule has 1 amide bonds. The molecule has 0 aliphatic carbocycles. The van der Waals surface area contributed by atoms with E-state index < -0.39 is 0 Å². The highest BCUT2D eigenvalue weighted by Gasteiger charge is 2.19. The maximum absolute atomic E-state index is 13.4. The second-order valence-electron chi connectivity index (χ2n) is 5.34. The molecule has 0 saturated carbocycles. The molecule has 0 saturated heterocycles. The van der Waals surface area contributed by atoms with Crippen LogP contribution < -0.4 is 5.32 Å². The Bertz CT molecular complexity index is 945. The average molecular weight is 330 g/mol. The summed E-state index contributed by atoms with van der Waals surface area (Å²) in [6.07, 6.45) is 1.67. The van der Waals surface area contributed by atoms with E-state index in [-0.39, 0.29) is 17.8 Å².